The lowest BCUT2D eigenvalue weighted by molar-refractivity contribution is -0.131. The van der Waals surface area contributed by atoms with Crippen LogP contribution in [0.5, 0.6) is 0 Å². The number of H-pyrrole nitrogens is 1. The maximum absolute atomic E-state index is 13.8. The van der Waals surface area contributed by atoms with E-state index >= 15 is 0 Å². The minimum atomic E-state index is -1.01. The van der Waals surface area contributed by atoms with Gasteiger partial charge in [-0.3, -0.25) is 9.59 Å². The van der Waals surface area contributed by atoms with Crippen LogP contribution in [-0.2, 0) is 20.7 Å². The van der Waals surface area contributed by atoms with E-state index in [0.717, 1.165) is 31.2 Å². The van der Waals surface area contributed by atoms with Crippen LogP contribution in [-0.4, -0.2) is 56.7 Å². The first-order chi connectivity index (χ1) is 19.9. The molecule has 1 aromatic carbocycles. The molecule has 42 heavy (non-hydrogen) atoms. The summed E-state index contributed by atoms with van der Waals surface area (Å²) in [4.78, 5) is 47.2. The number of amides is 3. The molecular weight excluding hydrogens is 534 g/mol. The highest BCUT2D eigenvalue weighted by Crippen LogP contribution is 2.30. The molecule has 1 aliphatic carbocycles. The Hall–Kier alpha value is -3.40. The molecule has 4 atom stereocenters. The Morgan fingerprint density at radius 1 is 1.00 bits per heavy atom. The normalized spacial score (nSPS) is 17.1. The maximum Gasteiger partial charge on any atom is 0.408 e. The molecule has 0 saturated heterocycles. The molecule has 0 spiro atoms. The van der Waals surface area contributed by atoms with Crippen LogP contribution < -0.4 is 16.0 Å². The minimum Gasteiger partial charge on any atom is -0.444 e. The Labute approximate surface area is 249 Å². The Bertz CT molecular complexity index is 1110. The largest absolute Gasteiger partial charge is 0.444 e. The van der Waals surface area contributed by atoms with Crippen molar-refractivity contribution >= 4 is 17.9 Å². The summed E-state index contributed by atoms with van der Waals surface area (Å²) >= 11 is 0. The van der Waals surface area contributed by atoms with Gasteiger partial charge in [0.25, 0.3) is 0 Å². The predicted molar refractivity (Wildman–Crippen MR) is 161 cm³/mol. The van der Waals surface area contributed by atoms with E-state index in [1.807, 2.05) is 44.2 Å². The summed E-state index contributed by atoms with van der Waals surface area (Å²) in [5.74, 6) is 0.0180. The number of aromatic amines is 1. The van der Waals surface area contributed by atoms with E-state index in [1.54, 1.807) is 33.2 Å². The highest BCUT2D eigenvalue weighted by Gasteiger charge is 2.33. The van der Waals surface area contributed by atoms with Crippen LogP contribution in [0.2, 0.25) is 0 Å². The van der Waals surface area contributed by atoms with Crippen molar-refractivity contribution in [3.8, 4) is 0 Å². The zero-order valence-electron chi connectivity index (χ0n) is 25.7. The van der Waals surface area contributed by atoms with E-state index in [9.17, 15) is 19.5 Å². The van der Waals surface area contributed by atoms with E-state index in [-0.39, 0.29) is 18.2 Å². The molecule has 3 rings (SSSR count). The van der Waals surface area contributed by atoms with Crippen LogP contribution in [0.15, 0.2) is 42.7 Å². The molecule has 1 aromatic heterocycles. The fourth-order valence-corrected chi connectivity index (χ4v) is 5.45. The first kappa shape index (κ1) is 33.1. The molecule has 0 aliphatic heterocycles. The van der Waals surface area contributed by atoms with Gasteiger partial charge in [-0.15, -0.1) is 0 Å². The molecule has 10 nitrogen and oxygen atoms in total. The first-order valence-corrected chi connectivity index (χ1v) is 15.2. The fourth-order valence-electron chi connectivity index (χ4n) is 5.45. The van der Waals surface area contributed by atoms with Crippen molar-refractivity contribution in [3.63, 3.8) is 0 Å². The number of hydrogen-bond donors (Lipinski definition) is 5. The summed E-state index contributed by atoms with van der Waals surface area (Å²) in [6.07, 6.45) is 8.32. The molecule has 1 saturated carbocycles. The van der Waals surface area contributed by atoms with Gasteiger partial charge in [0, 0.05) is 18.8 Å². The highest BCUT2D eigenvalue weighted by molar-refractivity contribution is 5.91. The van der Waals surface area contributed by atoms with Crippen LogP contribution in [0.4, 0.5) is 4.79 Å². The van der Waals surface area contributed by atoms with Crippen molar-refractivity contribution in [1.29, 1.82) is 0 Å². The third-order valence-corrected chi connectivity index (χ3v) is 7.45. The molecule has 1 fully saturated rings. The highest BCUT2D eigenvalue weighted by atomic mass is 16.6. The molecule has 232 valence electrons. The second kappa shape index (κ2) is 15.7. The summed E-state index contributed by atoms with van der Waals surface area (Å²) in [5, 5.41) is 19.8. The van der Waals surface area contributed by atoms with Crippen molar-refractivity contribution in [2.24, 2.45) is 11.8 Å². The Morgan fingerprint density at radius 2 is 1.67 bits per heavy atom. The van der Waals surface area contributed by atoms with Gasteiger partial charge in [-0.25, -0.2) is 9.78 Å². The van der Waals surface area contributed by atoms with Gasteiger partial charge in [0.2, 0.25) is 11.8 Å². The van der Waals surface area contributed by atoms with Crippen molar-refractivity contribution in [2.45, 2.75) is 116 Å². The Balaban J connectivity index is 1.78. The first-order valence-electron chi connectivity index (χ1n) is 15.2. The fraction of sp³-hybridized carbons (Fsp3) is 0.625. The molecular formula is C32H49N5O5. The SMILES string of the molecule is CC(C)C[C@H](NC(=O)[C@H](Cc1ccccc1)NC(=O)OC(C)(C)C)C(=O)N[C@@H](CC1CCCCC1)[C@@H](O)c1ncc[nH]1. The zero-order valence-corrected chi connectivity index (χ0v) is 25.7. The molecule has 10 heteroatoms. The van der Waals surface area contributed by atoms with Gasteiger partial charge in [-0.05, 0) is 51.0 Å². The van der Waals surface area contributed by atoms with E-state index in [2.05, 4.69) is 25.9 Å². The lowest BCUT2D eigenvalue weighted by Crippen LogP contribution is -2.56. The monoisotopic (exact) mass is 583 g/mol. The number of aromatic nitrogens is 2. The summed E-state index contributed by atoms with van der Waals surface area (Å²) in [7, 11) is 0. The van der Waals surface area contributed by atoms with Gasteiger partial charge < -0.3 is 30.8 Å². The number of benzene rings is 1. The van der Waals surface area contributed by atoms with Crippen molar-refractivity contribution in [2.75, 3.05) is 0 Å². The smallest absolute Gasteiger partial charge is 0.408 e. The average Bonchev–Trinajstić information content (AvgIpc) is 3.46. The van der Waals surface area contributed by atoms with Crippen LogP contribution in [0, 0.1) is 11.8 Å². The summed E-state index contributed by atoms with van der Waals surface area (Å²) in [5.41, 5.74) is 0.118. The number of carbonyl (C=O) groups is 3. The molecule has 0 bridgehead atoms. The second-order valence-corrected chi connectivity index (χ2v) is 12.9. The number of alkyl carbamates (subject to hydrolysis) is 1. The number of nitrogens with one attached hydrogen (secondary N) is 4. The van der Waals surface area contributed by atoms with Gasteiger partial charge in [-0.2, -0.15) is 0 Å². The van der Waals surface area contributed by atoms with Gasteiger partial charge in [0.05, 0.1) is 6.04 Å². The average molecular weight is 584 g/mol. The Morgan fingerprint density at radius 3 is 2.26 bits per heavy atom. The number of carbonyl (C=O) groups excluding carboxylic acids is 3. The third-order valence-electron chi connectivity index (χ3n) is 7.45. The quantitative estimate of drug-likeness (QED) is 0.234. The zero-order chi connectivity index (χ0) is 30.7. The van der Waals surface area contributed by atoms with Crippen LogP contribution in [0.25, 0.3) is 0 Å². The number of nitrogens with zero attached hydrogens (tertiary/aromatic N) is 1. The lowest BCUT2D eigenvalue weighted by Gasteiger charge is -2.31. The molecule has 0 radical (unpaired) electrons. The van der Waals surface area contributed by atoms with Gasteiger partial charge in [0.1, 0.15) is 29.6 Å². The molecule has 3 amide bonds. The predicted octanol–water partition coefficient (Wildman–Crippen LogP) is 4.57. The number of hydrogen-bond acceptors (Lipinski definition) is 6. The van der Waals surface area contributed by atoms with Crippen LogP contribution in [0.1, 0.15) is 97.1 Å². The summed E-state index contributed by atoms with van der Waals surface area (Å²) in [6.45, 7) is 9.21. The van der Waals surface area contributed by atoms with Crippen molar-refractivity contribution in [3.05, 3.63) is 54.1 Å². The number of aliphatic hydroxyl groups excluding tert-OH is 1. The number of rotatable bonds is 13. The lowest BCUT2D eigenvalue weighted by atomic mass is 9.83. The number of ether oxygens (including phenoxy) is 1. The van der Waals surface area contributed by atoms with Gasteiger partial charge >= 0.3 is 6.09 Å². The van der Waals surface area contributed by atoms with Crippen LogP contribution >= 0.6 is 0 Å². The van der Waals surface area contributed by atoms with Crippen molar-refractivity contribution in [1.82, 2.24) is 25.9 Å². The van der Waals surface area contributed by atoms with E-state index in [0.29, 0.717) is 24.6 Å². The summed E-state index contributed by atoms with van der Waals surface area (Å²) in [6, 6.07) is 6.96. The van der Waals surface area contributed by atoms with E-state index in [4.69, 9.17) is 4.74 Å². The van der Waals surface area contributed by atoms with E-state index in [1.165, 1.54) is 6.42 Å². The second-order valence-electron chi connectivity index (χ2n) is 12.9. The summed E-state index contributed by atoms with van der Waals surface area (Å²) < 4.78 is 5.41. The molecule has 5 N–H and O–H groups in total. The molecule has 1 heterocycles. The van der Waals surface area contributed by atoms with Crippen LogP contribution in [0.3, 0.4) is 0 Å². The van der Waals surface area contributed by atoms with Crippen molar-refractivity contribution < 1.29 is 24.2 Å². The minimum absolute atomic E-state index is 0.0965. The topological polar surface area (TPSA) is 145 Å². The van der Waals surface area contributed by atoms with Gasteiger partial charge in [-0.1, -0.05) is 76.3 Å². The molecule has 2 aromatic rings. The Kier molecular flexibility index (Phi) is 12.4. The third kappa shape index (κ3) is 11.1. The molecule has 1 aliphatic rings. The maximum atomic E-state index is 13.8. The standard InChI is InChI=1S/C32H49N5O5/c1-21(2)18-25(29(39)35-24(19-22-12-8-6-9-13-22)27(38)28-33-16-17-34-28)36-30(40)26(20-23-14-10-7-11-15-23)37-31(41)42-32(3,4)5/h7,10-11,14-17,21-22,24-27,38H,6,8-9,12-13,18-20H2,1-5H3,(H,33,34)(H,35,39)(H,36,40)(H,37,41)/t24-,25-,26-,27+/m0/s1. The van der Waals surface area contributed by atoms with E-state index < -0.39 is 41.8 Å². The molecule has 0 unspecified atom stereocenters. The number of imidazole rings is 1. The van der Waals surface area contributed by atoms with Gasteiger partial charge in [0.15, 0.2) is 0 Å². The number of aliphatic hydroxyl groups is 1.